The molecule has 6 nitrogen and oxygen atoms in total. The minimum Gasteiger partial charge on any atom is -0.368 e. The van der Waals surface area contributed by atoms with Gasteiger partial charge in [-0.1, -0.05) is 39.8 Å². The van der Waals surface area contributed by atoms with Gasteiger partial charge < -0.3 is 19.3 Å². The number of imidazole rings is 1. The lowest BCUT2D eigenvalue weighted by Crippen LogP contribution is -2.40. The molecule has 3 aromatic rings. The van der Waals surface area contributed by atoms with E-state index in [1.54, 1.807) is 0 Å². The van der Waals surface area contributed by atoms with E-state index in [2.05, 4.69) is 89.3 Å². The summed E-state index contributed by atoms with van der Waals surface area (Å²) in [5, 5.41) is 0. The van der Waals surface area contributed by atoms with Gasteiger partial charge in [0.1, 0.15) is 5.82 Å². The van der Waals surface area contributed by atoms with E-state index in [0.717, 1.165) is 69.3 Å². The number of aromatic nitrogens is 3. The van der Waals surface area contributed by atoms with Crippen molar-refractivity contribution < 1.29 is 0 Å². The molecule has 0 bridgehead atoms. The molecule has 1 aromatic carbocycles. The van der Waals surface area contributed by atoms with Gasteiger partial charge in [0.2, 0.25) is 0 Å². The van der Waals surface area contributed by atoms with Crippen molar-refractivity contribution in [2.45, 2.75) is 27.7 Å². The molecule has 3 rings (SSSR count). The molecule has 0 atom stereocenters. The molecule has 0 radical (unpaired) electrons. The average molecular weight is 423 g/mol. The Labute approximate surface area is 187 Å². The van der Waals surface area contributed by atoms with Crippen molar-refractivity contribution in [1.29, 1.82) is 0 Å². The fourth-order valence-corrected chi connectivity index (χ4v) is 4.16. The van der Waals surface area contributed by atoms with Crippen LogP contribution in [-0.4, -0.2) is 76.7 Å². The Hall–Kier alpha value is -2.44. The molecule has 0 N–H and O–H groups in total. The second-order valence-electron chi connectivity index (χ2n) is 7.90. The fraction of sp³-hybridized carbons (Fsp3) is 0.520. The van der Waals surface area contributed by atoms with Crippen LogP contribution in [0.15, 0.2) is 42.6 Å². The molecule has 0 aliphatic heterocycles. The lowest BCUT2D eigenvalue weighted by atomic mass is 10.1. The summed E-state index contributed by atoms with van der Waals surface area (Å²) in [6.45, 7) is 17.4. The first kappa shape index (κ1) is 23.2. The van der Waals surface area contributed by atoms with E-state index in [0.29, 0.717) is 0 Å². The van der Waals surface area contributed by atoms with Crippen LogP contribution in [0.1, 0.15) is 27.7 Å². The summed E-state index contributed by atoms with van der Waals surface area (Å²) in [5.41, 5.74) is 4.28. The molecule has 0 aliphatic rings. The van der Waals surface area contributed by atoms with Gasteiger partial charge in [-0.3, -0.25) is 0 Å². The Morgan fingerprint density at radius 1 is 0.774 bits per heavy atom. The van der Waals surface area contributed by atoms with Crippen molar-refractivity contribution in [2.75, 3.05) is 57.3 Å². The lowest BCUT2D eigenvalue weighted by Gasteiger charge is -2.31. The van der Waals surface area contributed by atoms with Crippen molar-refractivity contribution in [3.63, 3.8) is 0 Å². The van der Waals surface area contributed by atoms with Gasteiger partial charge in [-0.2, -0.15) is 0 Å². The molecule has 2 heterocycles. The number of benzene rings is 1. The number of anilines is 1. The number of hydrogen-bond donors (Lipinski definition) is 0. The molecule has 168 valence electrons. The quantitative estimate of drug-likeness (QED) is 0.439. The molecule has 6 heteroatoms. The molecule has 0 saturated carbocycles. The Kier molecular flexibility index (Phi) is 8.43. The summed E-state index contributed by atoms with van der Waals surface area (Å²) < 4.78 is 2.16. The number of para-hydroxylation sites is 1. The van der Waals surface area contributed by atoms with Crippen LogP contribution in [0.25, 0.3) is 22.6 Å². The molecule has 0 amide bonds. The van der Waals surface area contributed by atoms with E-state index in [1.165, 1.54) is 11.3 Å². The van der Waals surface area contributed by atoms with E-state index < -0.39 is 0 Å². The Morgan fingerprint density at radius 2 is 1.39 bits per heavy atom. The standard InChI is InChI=1S/C25H38N6/c1-6-29(7-2)17-19-31(20-18-30(8-3)9-4)22-14-11-10-13-21(22)25-27-24-23(28(25)5)15-12-16-26-24/h10-16H,6-9,17-20H2,1-5H3. The van der Waals surface area contributed by atoms with Gasteiger partial charge in [-0.15, -0.1) is 0 Å². The van der Waals surface area contributed by atoms with Crippen LogP contribution in [0.3, 0.4) is 0 Å². The molecule has 0 aliphatic carbocycles. The number of aryl methyl sites for hydroxylation is 1. The maximum absolute atomic E-state index is 4.89. The van der Waals surface area contributed by atoms with Crippen molar-refractivity contribution in [3.05, 3.63) is 42.6 Å². The SMILES string of the molecule is CCN(CC)CCN(CCN(CC)CC)c1ccccc1-c1nc2ncccc2n1C. The zero-order valence-corrected chi connectivity index (χ0v) is 19.9. The number of pyridine rings is 1. The smallest absolute Gasteiger partial charge is 0.178 e. The summed E-state index contributed by atoms with van der Waals surface area (Å²) in [4.78, 5) is 16.9. The molecule has 31 heavy (non-hydrogen) atoms. The van der Waals surface area contributed by atoms with Crippen LogP contribution in [0.5, 0.6) is 0 Å². The third-order valence-corrected chi connectivity index (χ3v) is 6.30. The number of hydrogen-bond acceptors (Lipinski definition) is 5. The summed E-state index contributed by atoms with van der Waals surface area (Å²) in [6, 6.07) is 12.7. The molecule has 0 fully saturated rings. The van der Waals surface area contributed by atoms with Crippen molar-refractivity contribution in [1.82, 2.24) is 24.3 Å². The van der Waals surface area contributed by atoms with Crippen LogP contribution in [-0.2, 0) is 7.05 Å². The summed E-state index contributed by atoms with van der Waals surface area (Å²) in [6.07, 6.45) is 1.81. The minimum absolute atomic E-state index is 0.799. The van der Waals surface area contributed by atoms with Gasteiger partial charge in [-0.25, -0.2) is 9.97 Å². The number of likely N-dealkylation sites (N-methyl/N-ethyl adjacent to an activating group) is 2. The number of nitrogens with zero attached hydrogens (tertiary/aromatic N) is 6. The van der Waals surface area contributed by atoms with E-state index >= 15 is 0 Å². The Balaban J connectivity index is 1.96. The van der Waals surface area contributed by atoms with Crippen molar-refractivity contribution >= 4 is 16.9 Å². The lowest BCUT2D eigenvalue weighted by molar-refractivity contribution is 0.294. The molecule has 0 saturated heterocycles. The topological polar surface area (TPSA) is 40.4 Å². The summed E-state index contributed by atoms with van der Waals surface area (Å²) in [7, 11) is 2.08. The number of rotatable bonds is 12. The van der Waals surface area contributed by atoms with E-state index in [1.807, 2.05) is 12.3 Å². The monoisotopic (exact) mass is 422 g/mol. The predicted octanol–water partition coefficient (Wildman–Crippen LogP) is 4.13. The predicted molar refractivity (Wildman–Crippen MR) is 132 cm³/mol. The van der Waals surface area contributed by atoms with E-state index in [4.69, 9.17) is 4.98 Å². The van der Waals surface area contributed by atoms with Gasteiger partial charge in [0, 0.05) is 50.7 Å². The highest BCUT2D eigenvalue weighted by atomic mass is 15.2. The minimum atomic E-state index is 0.799. The van der Waals surface area contributed by atoms with E-state index in [9.17, 15) is 0 Å². The van der Waals surface area contributed by atoms with Crippen LogP contribution >= 0.6 is 0 Å². The van der Waals surface area contributed by atoms with Crippen molar-refractivity contribution in [3.8, 4) is 11.4 Å². The van der Waals surface area contributed by atoms with Crippen molar-refractivity contribution in [2.24, 2.45) is 7.05 Å². The van der Waals surface area contributed by atoms with Gasteiger partial charge in [0.25, 0.3) is 0 Å². The third kappa shape index (κ3) is 5.43. The second-order valence-corrected chi connectivity index (χ2v) is 7.90. The first-order valence-electron chi connectivity index (χ1n) is 11.7. The highest BCUT2D eigenvalue weighted by Crippen LogP contribution is 2.31. The highest BCUT2D eigenvalue weighted by molar-refractivity contribution is 5.82. The highest BCUT2D eigenvalue weighted by Gasteiger charge is 2.18. The van der Waals surface area contributed by atoms with Gasteiger partial charge in [0.15, 0.2) is 5.65 Å². The second kappa shape index (κ2) is 11.3. The van der Waals surface area contributed by atoms with Crippen LogP contribution in [0, 0.1) is 0 Å². The Bertz CT molecular complexity index is 926. The maximum Gasteiger partial charge on any atom is 0.178 e. The van der Waals surface area contributed by atoms with Gasteiger partial charge in [0.05, 0.1) is 5.52 Å². The molecular weight excluding hydrogens is 384 g/mol. The zero-order valence-electron chi connectivity index (χ0n) is 19.9. The first-order chi connectivity index (χ1) is 15.1. The van der Waals surface area contributed by atoms with E-state index in [-0.39, 0.29) is 0 Å². The van der Waals surface area contributed by atoms with Crippen LogP contribution < -0.4 is 4.90 Å². The third-order valence-electron chi connectivity index (χ3n) is 6.30. The normalized spacial score (nSPS) is 11.7. The zero-order chi connectivity index (χ0) is 22.2. The molecular formula is C25H38N6. The fourth-order valence-electron chi connectivity index (χ4n) is 4.16. The number of fused-ring (bicyclic) bond motifs is 1. The van der Waals surface area contributed by atoms with Gasteiger partial charge in [-0.05, 0) is 50.4 Å². The Morgan fingerprint density at radius 3 is 1.97 bits per heavy atom. The van der Waals surface area contributed by atoms with Crippen LogP contribution in [0.2, 0.25) is 0 Å². The summed E-state index contributed by atoms with van der Waals surface area (Å²) in [5.74, 6) is 0.972. The average Bonchev–Trinajstić information content (AvgIpc) is 3.15. The van der Waals surface area contributed by atoms with Gasteiger partial charge >= 0.3 is 0 Å². The molecule has 2 aromatic heterocycles. The summed E-state index contributed by atoms with van der Waals surface area (Å²) >= 11 is 0. The van der Waals surface area contributed by atoms with Crippen LogP contribution in [0.4, 0.5) is 5.69 Å². The first-order valence-corrected chi connectivity index (χ1v) is 11.7. The largest absolute Gasteiger partial charge is 0.368 e. The molecule has 0 spiro atoms. The maximum atomic E-state index is 4.89. The molecule has 0 unspecified atom stereocenters.